The fraction of sp³-hybridized carbons (Fsp3) is 0.216. The van der Waals surface area contributed by atoms with Crippen LogP contribution in [0.2, 0.25) is 0 Å². The van der Waals surface area contributed by atoms with E-state index in [0.29, 0.717) is 0 Å². The second-order valence-corrected chi connectivity index (χ2v) is 17.4. The summed E-state index contributed by atoms with van der Waals surface area (Å²) in [5.74, 6) is 0. The number of benzene rings is 7. The minimum absolute atomic E-state index is 0.0369. The number of rotatable bonds is 4. The van der Waals surface area contributed by atoms with E-state index >= 15 is 0 Å². The molecule has 0 saturated carbocycles. The number of para-hydroxylation sites is 2. The first-order valence-corrected chi connectivity index (χ1v) is 18.9. The summed E-state index contributed by atoms with van der Waals surface area (Å²) >= 11 is 0. The predicted octanol–water partition coefficient (Wildman–Crippen LogP) is 14.8. The van der Waals surface area contributed by atoms with Crippen molar-refractivity contribution in [2.75, 3.05) is 4.90 Å². The van der Waals surface area contributed by atoms with Crippen LogP contribution in [0.4, 0.5) is 17.1 Å². The monoisotopic (exact) mass is 689 g/mol. The van der Waals surface area contributed by atoms with Crippen molar-refractivity contribution < 1.29 is 4.42 Å². The second-order valence-electron chi connectivity index (χ2n) is 17.4. The molecule has 2 nitrogen and oxygen atoms in total. The molecule has 0 saturated heterocycles. The summed E-state index contributed by atoms with van der Waals surface area (Å²) in [4.78, 5) is 2.44. The maximum atomic E-state index is 6.49. The van der Waals surface area contributed by atoms with Gasteiger partial charge < -0.3 is 9.32 Å². The normalized spacial score (nSPS) is 13.8. The Labute approximate surface area is 313 Å². The molecule has 9 rings (SSSR count). The average Bonchev–Trinajstić information content (AvgIpc) is 3.62. The van der Waals surface area contributed by atoms with E-state index in [9.17, 15) is 0 Å². The van der Waals surface area contributed by atoms with Crippen LogP contribution in [0, 0.1) is 0 Å². The molecule has 0 aliphatic heterocycles. The number of anilines is 3. The summed E-state index contributed by atoms with van der Waals surface area (Å²) in [6, 6.07) is 51.3. The molecule has 0 spiro atoms. The van der Waals surface area contributed by atoms with Crippen LogP contribution in [0.15, 0.2) is 144 Å². The molecular formula is C51H47NO. The van der Waals surface area contributed by atoms with Gasteiger partial charge in [-0.1, -0.05) is 159 Å². The van der Waals surface area contributed by atoms with Crippen molar-refractivity contribution in [1.82, 2.24) is 0 Å². The third kappa shape index (κ3) is 5.22. The molecule has 1 heterocycles. The molecule has 0 amide bonds. The van der Waals surface area contributed by atoms with Gasteiger partial charge in [-0.05, 0) is 85.5 Å². The molecule has 262 valence electrons. The number of fused-ring (bicyclic) bond motifs is 7. The van der Waals surface area contributed by atoms with Crippen molar-refractivity contribution in [3.8, 4) is 22.3 Å². The van der Waals surface area contributed by atoms with Crippen LogP contribution in [0.3, 0.4) is 0 Å². The highest BCUT2D eigenvalue weighted by Gasteiger charge is 2.41. The van der Waals surface area contributed by atoms with E-state index in [1.807, 2.05) is 6.07 Å². The Morgan fingerprint density at radius 2 is 1.13 bits per heavy atom. The molecule has 0 fully saturated rings. The summed E-state index contributed by atoms with van der Waals surface area (Å²) in [7, 11) is 0. The van der Waals surface area contributed by atoms with Gasteiger partial charge in [0.05, 0.1) is 11.4 Å². The van der Waals surface area contributed by atoms with Gasteiger partial charge in [0.25, 0.3) is 0 Å². The van der Waals surface area contributed by atoms with E-state index in [0.717, 1.165) is 39.0 Å². The second kappa shape index (κ2) is 11.7. The van der Waals surface area contributed by atoms with E-state index in [2.05, 4.69) is 194 Å². The maximum absolute atomic E-state index is 6.49. The number of nitrogens with zero attached hydrogens (tertiary/aromatic N) is 1. The highest BCUT2D eigenvalue weighted by Crippen LogP contribution is 2.57. The lowest BCUT2D eigenvalue weighted by atomic mass is 9.74. The van der Waals surface area contributed by atoms with E-state index in [4.69, 9.17) is 4.42 Å². The van der Waals surface area contributed by atoms with Gasteiger partial charge in [-0.2, -0.15) is 0 Å². The first-order chi connectivity index (χ1) is 25.3. The van der Waals surface area contributed by atoms with Crippen molar-refractivity contribution >= 4 is 49.8 Å². The van der Waals surface area contributed by atoms with Crippen LogP contribution in [0.1, 0.15) is 77.6 Å². The number of hydrogen-bond donors (Lipinski definition) is 0. The van der Waals surface area contributed by atoms with Crippen LogP contribution in [-0.2, 0) is 16.2 Å². The molecule has 0 atom stereocenters. The van der Waals surface area contributed by atoms with Crippen LogP contribution in [-0.4, -0.2) is 0 Å². The van der Waals surface area contributed by atoms with Gasteiger partial charge in [0.15, 0.2) is 0 Å². The first kappa shape index (κ1) is 33.3. The Morgan fingerprint density at radius 3 is 1.92 bits per heavy atom. The van der Waals surface area contributed by atoms with E-state index in [1.165, 1.54) is 55.3 Å². The third-order valence-corrected chi connectivity index (χ3v) is 11.5. The largest absolute Gasteiger partial charge is 0.456 e. The van der Waals surface area contributed by atoms with Gasteiger partial charge in [-0.3, -0.25) is 0 Å². The highest BCUT2D eigenvalue weighted by atomic mass is 16.3. The molecular weight excluding hydrogens is 643 g/mol. The van der Waals surface area contributed by atoms with Crippen molar-refractivity contribution in [2.24, 2.45) is 0 Å². The quantitative estimate of drug-likeness (QED) is 0.183. The van der Waals surface area contributed by atoms with E-state index < -0.39 is 0 Å². The van der Waals surface area contributed by atoms with Crippen LogP contribution < -0.4 is 4.90 Å². The lowest BCUT2D eigenvalue weighted by Gasteiger charge is -2.31. The van der Waals surface area contributed by atoms with Gasteiger partial charge in [-0.15, -0.1) is 0 Å². The van der Waals surface area contributed by atoms with Crippen molar-refractivity contribution in [3.05, 3.63) is 162 Å². The zero-order valence-corrected chi connectivity index (χ0v) is 32.1. The van der Waals surface area contributed by atoms with Crippen LogP contribution in [0.25, 0.3) is 55.0 Å². The number of furan rings is 1. The van der Waals surface area contributed by atoms with Gasteiger partial charge >= 0.3 is 0 Å². The molecule has 8 aromatic rings. The molecule has 53 heavy (non-hydrogen) atoms. The first-order valence-electron chi connectivity index (χ1n) is 18.9. The SMILES string of the molecule is CC(C)(C)c1cc(C(C)(C)C)c2c(c1)C(C)(C)c1cccc(-c3ccccc3N(c3ccc4c(c3)oc3ccccc34)c3cccc4ccccc34)c1-2. The topological polar surface area (TPSA) is 16.4 Å². The summed E-state index contributed by atoms with van der Waals surface area (Å²) in [6.45, 7) is 18.9. The summed E-state index contributed by atoms with van der Waals surface area (Å²) in [5.41, 5.74) is 15.8. The van der Waals surface area contributed by atoms with Gasteiger partial charge in [-0.25, -0.2) is 0 Å². The Bertz CT molecular complexity index is 2720. The van der Waals surface area contributed by atoms with Gasteiger partial charge in [0, 0.05) is 38.9 Å². The zero-order valence-electron chi connectivity index (χ0n) is 32.1. The average molecular weight is 690 g/mol. The molecule has 0 N–H and O–H groups in total. The van der Waals surface area contributed by atoms with Gasteiger partial charge in [0.1, 0.15) is 11.2 Å². The fourth-order valence-electron chi connectivity index (χ4n) is 8.70. The molecule has 0 unspecified atom stereocenters. The Balaban J connectivity index is 1.34. The molecule has 0 bridgehead atoms. The predicted molar refractivity (Wildman–Crippen MR) is 226 cm³/mol. The molecule has 1 aliphatic carbocycles. The van der Waals surface area contributed by atoms with Gasteiger partial charge in [0.2, 0.25) is 0 Å². The molecule has 0 radical (unpaired) electrons. The maximum Gasteiger partial charge on any atom is 0.137 e. The fourth-order valence-corrected chi connectivity index (χ4v) is 8.70. The van der Waals surface area contributed by atoms with Crippen molar-refractivity contribution in [2.45, 2.75) is 71.6 Å². The molecule has 7 aromatic carbocycles. The van der Waals surface area contributed by atoms with Crippen molar-refractivity contribution in [1.29, 1.82) is 0 Å². The smallest absolute Gasteiger partial charge is 0.137 e. The standard InChI is InChI=1S/C51H47NO/c1-49(2,3)33-29-41(50(4,5)6)48-42(30-33)51(7,8)40-23-16-22-39(47(40)48)36-20-11-13-24-44(36)52(43-25-15-18-32-17-9-10-19-35(32)43)34-27-28-38-37-21-12-14-26-45(37)53-46(38)31-34/h9-31H,1-8H3. The van der Waals surface area contributed by atoms with Crippen LogP contribution in [0.5, 0.6) is 0 Å². The van der Waals surface area contributed by atoms with Crippen LogP contribution >= 0.6 is 0 Å². The lowest BCUT2D eigenvalue weighted by molar-refractivity contribution is 0.564. The molecule has 1 aromatic heterocycles. The zero-order chi connectivity index (χ0) is 36.9. The minimum atomic E-state index is -0.154. The van der Waals surface area contributed by atoms with Crippen molar-refractivity contribution in [3.63, 3.8) is 0 Å². The Morgan fingerprint density at radius 1 is 0.491 bits per heavy atom. The minimum Gasteiger partial charge on any atom is -0.456 e. The van der Waals surface area contributed by atoms with E-state index in [-0.39, 0.29) is 16.2 Å². The summed E-state index contributed by atoms with van der Waals surface area (Å²) in [6.07, 6.45) is 0. The molecule has 2 heteroatoms. The highest BCUT2D eigenvalue weighted by molar-refractivity contribution is 6.08. The lowest BCUT2D eigenvalue weighted by Crippen LogP contribution is -2.21. The van der Waals surface area contributed by atoms with E-state index in [1.54, 1.807) is 0 Å². The summed E-state index contributed by atoms with van der Waals surface area (Å²) < 4.78 is 6.49. The third-order valence-electron chi connectivity index (χ3n) is 11.5. The summed E-state index contributed by atoms with van der Waals surface area (Å²) in [5, 5.41) is 4.66. The molecule has 1 aliphatic rings. The number of hydrogen-bond acceptors (Lipinski definition) is 2. The Hall–Kier alpha value is -5.60. The Kier molecular flexibility index (Phi) is 7.34.